The van der Waals surface area contributed by atoms with Crippen LogP contribution < -0.4 is 5.32 Å². The topological polar surface area (TPSA) is 12.0 Å². The Labute approximate surface area is 151 Å². The van der Waals surface area contributed by atoms with Crippen molar-refractivity contribution in [3.8, 4) is 0 Å². The fraction of sp³-hybridized carbons (Fsp3) is 0.300. The van der Waals surface area contributed by atoms with E-state index in [-0.39, 0.29) is 11.5 Å². The summed E-state index contributed by atoms with van der Waals surface area (Å²) >= 11 is 5.73. The molecule has 0 bridgehead atoms. The molecule has 1 aliphatic heterocycles. The zero-order valence-electron chi connectivity index (χ0n) is 14.1. The summed E-state index contributed by atoms with van der Waals surface area (Å²) in [5, 5.41) is 3.36. The minimum Gasteiger partial charge on any atom is -0.313 e. The van der Waals surface area contributed by atoms with Crippen molar-refractivity contribution in [2.45, 2.75) is 26.2 Å². The van der Waals surface area contributed by atoms with Crippen LogP contribution in [0.25, 0.3) is 5.57 Å². The summed E-state index contributed by atoms with van der Waals surface area (Å²) in [6.07, 6.45) is 5.72. The molecule has 134 valence electrons. The molecular formula is C20H21ClF3N. The summed E-state index contributed by atoms with van der Waals surface area (Å²) in [5.41, 5.74) is 2.12. The highest BCUT2D eigenvalue weighted by Gasteiger charge is 2.15. The van der Waals surface area contributed by atoms with Crippen molar-refractivity contribution in [1.82, 2.24) is 5.32 Å². The Kier molecular flexibility index (Phi) is 7.09. The molecule has 0 fully saturated rings. The maximum atomic E-state index is 14.1. The second kappa shape index (κ2) is 9.07. The number of benzene rings is 1. The molecule has 1 N–H and O–H groups in total. The zero-order chi connectivity index (χ0) is 18.4. The third kappa shape index (κ3) is 5.35. The average Bonchev–Trinajstić information content (AvgIpc) is 2.61. The van der Waals surface area contributed by atoms with E-state index < -0.39 is 17.5 Å². The quantitative estimate of drug-likeness (QED) is 0.624. The normalized spacial score (nSPS) is 16.4. The molecule has 0 amide bonds. The number of hydrogen-bond acceptors (Lipinski definition) is 1. The summed E-state index contributed by atoms with van der Waals surface area (Å²) in [5.74, 6) is -1.63. The molecular weight excluding hydrogens is 347 g/mol. The number of halogens is 4. The van der Waals surface area contributed by atoms with Gasteiger partial charge in [0.1, 0.15) is 17.5 Å². The SMILES string of the molecule is C=C/C(Cl)=C\C(F)=C(/C)CCc1cc(C2=CCNCC2)c(F)cc1F. The van der Waals surface area contributed by atoms with Crippen molar-refractivity contribution in [3.63, 3.8) is 0 Å². The van der Waals surface area contributed by atoms with Crippen LogP contribution >= 0.6 is 11.6 Å². The van der Waals surface area contributed by atoms with Crippen LogP contribution in [-0.4, -0.2) is 13.1 Å². The highest BCUT2D eigenvalue weighted by molar-refractivity contribution is 6.31. The molecule has 1 aromatic carbocycles. The van der Waals surface area contributed by atoms with Gasteiger partial charge in [0.15, 0.2) is 0 Å². The van der Waals surface area contributed by atoms with Gasteiger partial charge in [-0.15, -0.1) is 0 Å². The molecule has 1 aromatic rings. The van der Waals surface area contributed by atoms with Crippen LogP contribution in [0.1, 0.15) is 30.9 Å². The minimum absolute atomic E-state index is 0.199. The summed E-state index contributed by atoms with van der Waals surface area (Å²) < 4.78 is 42.2. The Bertz CT molecular complexity index is 748. The van der Waals surface area contributed by atoms with Crippen LogP contribution in [0.2, 0.25) is 0 Å². The van der Waals surface area contributed by atoms with Gasteiger partial charge in [0, 0.05) is 23.2 Å². The largest absolute Gasteiger partial charge is 0.313 e. The van der Waals surface area contributed by atoms with Gasteiger partial charge in [-0.2, -0.15) is 0 Å². The van der Waals surface area contributed by atoms with Crippen LogP contribution in [0, 0.1) is 11.6 Å². The molecule has 0 aliphatic carbocycles. The molecule has 0 spiro atoms. The monoisotopic (exact) mass is 367 g/mol. The zero-order valence-corrected chi connectivity index (χ0v) is 14.9. The lowest BCUT2D eigenvalue weighted by atomic mass is 9.95. The van der Waals surface area contributed by atoms with Crippen molar-refractivity contribution in [3.05, 3.63) is 76.1 Å². The first kappa shape index (κ1) is 19.5. The molecule has 0 atom stereocenters. The molecule has 0 radical (unpaired) electrons. The first-order valence-corrected chi connectivity index (χ1v) is 8.53. The number of hydrogen-bond donors (Lipinski definition) is 1. The second-order valence-corrected chi connectivity index (χ2v) is 6.41. The summed E-state index contributed by atoms with van der Waals surface area (Å²) in [6, 6.07) is 2.46. The Morgan fingerprint density at radius 2 is 2.08 bits per heavy atom. The van der Waals surface area contributed by atoms with Crippen molar-refractivity contribution >= 4 is 17.2 Å². The third-order valence-corrected chi connectivity index (χ3v) is 4.45. The Morgan fingerprint density at radius 3 is 2.72 bits per heavy atom. The van der Waals surface area contributed by atoms with Crippen molar-refractivity contribution < 1.29 is 13.2 Å². The van der Waals surface area contributed by atoms with Gasteiger partial charge in [0.2, 0.25) is 0 Å². The average molecular weight is 368 g/mol. The lowest BCUT2D eigenvalue weighted by molar-refractivity contribution is 0.567. The van der Waals surface area contributed by atoms with E-state index in [9.17, 15) is 13.2 Å². The van der Waals surface area contributed by atoms with Gasteiger partial charge in [-0.3, -0.25) is 0 Å². The van der Waals surface area contributed by atoms with Gasteiger partial charge < -0.3 is 5.32 Å². The molecule has 2 rings (SSSR count). The maximum Gasteiger partial charge on any atom is 0.133 e. The van der Waals surface area contributed by atoms with Crippen LogP contribution in [0.15, 0.2) is 53.4 Å². The molecule has 1 aliphatic rings. The smallest absolute Gasteiger partial charge is 0.133 e. The standard InChI is InChI=1S/C20H21ClF3N/c1-3-16(21)11-18(22)13(2)4-5-15-10-17(20(24)12-19(15)23)14-6-8-25-9-7-14/h3,6,10-12,25H,1,4-5,7-9H2,2H3/b16-11+,18-13-. The second-order valence-electron chi connectivity index (χ2n) is 5.97. The molecule has 5 heteroatoms. The van der Waals surface area contributed by atoms with Gasteiger partial charge in [-0.1, -0.05) is 30.3 Å². The summed E-state index contributed by atoms with van der Waals surface area (Å²) in [7, 11) is 0. The first-order chi connectivity index (χ1) is 11.9. The fourth-order valence-electron chi connectivity index (χ4n) is 2.64. The lowest BCUT2D eigenvalue weighted by Gasteiger charge is -2.16. The predicted octanol–water partition coefficient (Wildman–Crippen LogP) is 5.83. The van der Waals surface area contributed by atoms with E-state index in [1.807, 2.05) is 6.08 Å². The molecule has 25 heavy (non-hydrogen) atoms. The first-order valence-electron chi connectivity index (χ1n) is 8.15. The highest BCUT2D eigenvalue weighted by Crippen LogP contribution is 2.27. The van der Waals surface area contributed by atoms with E-state index >= 15 is 0 Å². The summed E-state index contributed by atoms with van der Waals surface area (Å²) in [6.45, 7) is 6.51. The lowest BCUT2D eigenvalue weighted by Crippen LogP contribution is -2.20. The number of nitrogens with one attached hydrogen (secondary N) is 1. The van der Waals surface area contributed by atoms with E-state index in [1.54, 1.807) is 13.0 Å². The van der Waals surface area contributed by atoms with E-state index in [2.05, 4.69) is 11.9 Å². The van der Waals surface area contributed by atoms with Gasteiger partial charge in [0.05, 0.1) is 0 Å². The van der Waals surface area contributed by atoms with E-state index in [1.165, 1.54) is 12.2 Å². The van der Waals surface area contributed by atoms with Crippen LogP contribution in [0.4, 0.5) is 13.2 Å². The minimum atomic E-state index is -0.608. The van der Waals surface area contributed by atoms with Gasteiger partial charge in [-0.25, -0.2) is 13.2 Å². The Balaban J connectivity index is 2.21. The molecule has 1 nitrogen and oxygen atoms in total. The van der Waals surface area contributed by atoms with E-state index in [4.69, 9.17) is 11.6 Å². The van der Waals surface area contributed by atoms with Crippen LogP contribution in [0.3, 0.4) is 0 Å². The Hall–Kier alpha value is -1.78. The highest BCUT2D eigenvalue weighted by atomic mass is 35.5. The predicted molar refractivity (Wildman–Crippen MR) is 98.1 cm³/mol. The van der Waals surface area contributed by atoms with Crippen LogP contribution in [0.5, 0.6) is 0 Å². The van der Waals surface area contributed by atoms with Crippen molar-refractivity contribution in [2.24, 2.45) is 0 Å². The fourth-order valence-corrected chi connectivity index (χ4v) is 2.74. The Morgan fingerprint density at radius 1 is 1.32 bits per heavy atom. The third-order valence-electron chi connectivity index (χ3n) is 4.18. The van der Waals surface area contributed by atoms with Gasteiger partial charge in [0.25, 0.3) is 0 Å². The van der Waals surface area contributed by atoms with Gasteiger partial charge >= 0.3 is 0 Å². The number of aryl methyl sites for hydroxylation is 1. The van der Waals surface area contributed by atoms with E-state index in [0.29, 0.717) is 36.1 Å². The van der Waals surface area contributed by atoms with E-state index in [0.717, 1.165) is 18.2 Å². The van der Waals surface area contributed by atoms with Crippen molar-refractivity contribution in [2.75, 3.05) is 13.1 Å². The van der Waals surface area contributed by atoms with Gasteiger partial charge in [-0.05, 0) is 61.6 Å². The molecule has 0 saturated carbocycles. The number of allylic oxidation sites excluding steroid dienone is 5. The molecule has 1 heterocycles. The maximum absolute atomic E-state index is 14.1. The van der Waals surface area contributed by atoms with Crippen LogP contribution in [-0.2, 0) is 6.42 Å². The molecule has 0 saturated heterocycles. The van der Waals surface area contributed by atoms with Crippen molar-refractivity contribution in [1.29, 1.82) is 0 Å². The molecule has 0 unspecified atom stereocenters. The summed E-state index contributed by atoms with van der Waals surface area (Å²) in [4.78, 5) is 0. The number of rotatable bonds is 6. The molecule has 0 aromatic heterocycles.